The lowest BCUT2D eigenvalue weighted by Gasteiger charge is -2.23. The highest BCUT2D eigenvalue weighted by atomic mass is 16.5. The Bertz CT molecular complexity index is 878. The number of hydrogen-bond donors (Lipinski definition) is 3. The molecule has 2 rings (SSSR count). The number of carbonyl (C=O) groups excluding carboxylic acids is 2. The van der Waals surface area contributed by atoms with E-state index in [9.17, 15) is 9.59 Å². The van der Waals surface area contributed by atoms with E-state index in [1.807, 2.05) is 0 Å². The molecule has 2 amide bonds. The number of carbonyl (C=O) groups is 2. The molecule has 0 saturated heterocycles. The van der Waals surface area contributed by atoms with Crippen LogP contribution in [0.5, 0.6) is 5.75 Å². The molecule has 31 heavy (non-hydrogen) atoms. The second-order valence-electron chi connectivity index (χ2n) is 8.22. The van der Waals surface area contributed by atoms with Crippen LogP contribution in [-0.4, -0.2) is 25.5 Å². The molecule has 0 saturated carbocycles. The minimum atomic E-state index is -0.180. The summed E-state index contributed by atoms with van der Waals surface area (Å²) in [7, 11) is 1.54. The van der Waals surface area contributed by atoms with Gasteiger partial charge in [-0.25, -0.2) is 0 Å². The molecule has 0 aliphatic heterocycles. The molecule has 0 radical (unpaired) electrons. The number of benzene rings is 2. The Morgan fingerprint density at radius 1 is 0.968 bits per heavy atom. The van der Waals surface area contributed by atoms with Crippen LogP contribution < -0.4 is 20.7 Å². The van der Waals surface area contributed by atoms with Crippen molar-refractivity contribution >= 4 is 23.2 Å². The summed E-state index contributed by atoms with van der Waals surface area (Å²) >= 11 is 0. The average Bonchev–Trinajstić information content (AvgIpc) is 2.73. The molecule has 0 spiro atoms. The van der Waals surface area contributed by atoms with E-state index in [-0.39, 0.29) is 24.4 Å². The topological polar surface area (TPSA) is 79.5 Å². The first-order valence-electron chi connectivity index (χ1n) is 10.8. The number of hydrogen-bond acceptors (Lipinski definition) is 4. The van der Waals surface area contributed by atoms with Gasteiger partial charge in [-0.15, -0.1) is 0 Å². The average molecular weight is 426 g/mol. The van der Waals surface area contributed by atoms with E-state index < -0.39 is 0 Å². The van der Waals surface area contributed by atoms with E-state index in [1.165, 1.54) is 18.1 Å². The summed E-state index contributed by atoms with van der Waals surface area (Å²) in [5.74, 6) is 1.03. The van der Waals surface area contributed by atoms with Crippen molar-refractivity contribution in [1.82, 2.24) is 5.32 Å². The van der Waals surface area contributed by atoms with E-state index in [1.54, 1.807) is 25.3 Å². The van der Waals surface area contributed by atoms with Crippen LogP contribution in [0, 0.1) is 5.92 Å². The molecule has 168 valence electrons. The largest absolute Gasteiger partial charge is 0.495 e. The Hall–Kier alpha value is -2.86. The molecular weight excluding hydrogens is 390 g/mol. The van der Waals surface area contributed by atoms with Crippen molar-refractivity contribution in [2.45, 2.75) is 53.0 Å². The smallest absolute Gasteiger partial charge is 0.238 e. The number of methoxy groups -OCH3 is 1. The number of amides is 2. The zero-order chi connectivity index (χ0) is 23.0. The fourth-order valence-electron chi connectivity index (χ4n) is 3.49. The molecule has 2 atom stereocenters. The van der Waals surface area contributed by atoms with Gasteiger partial charge in [-0.1, -0.05) is 52.0 Å². The highest BCUT2D eigenvalue weighted by Gasteiger charge is 2.18. The van der Waals surface area contributed by atoms with Crippen molar-refractivity contribution in [1.29, 1.82) is 0 Å². The molecule has 3 N–H and O–H groups in total. The van der Waals surface area contributed by atoms with Gasteiger partial charge >= 0.3 is 0 Å². The van der Waals surface area contributed by atoms with Crippen LogP contribution in [0.2, 0.25) is 0 Å². The highest BCUT2D eigenvalue weighted by Crippen LogP contribution is 2.28. The van der Waals surface area contributed by atoms with Gasteiger partial charge in [0.2, 0.25) is 11.8 Å². The molecule has 2 aromatic rings. The van der Waals surface area contributed by atoms with Gasteiger partial charge in [0.1, 0.15) is 5.75 Å². The molecule has 0 heterocycles. The van der Waals surface area contributed by atoms with Gasteiger partial charge in [-0.05, 0) is 47.6 Å². The quantitative estimate of drug-likeness (QED) is 0.495. The SMILES string of the molecule is CC[C@@H](C)c1ccc([C@H](NCC(=O)Nc2cc(NC(C)=O)ccc2OC)C(C)C)cc1. The van der Waals surface area contributed by atoms with Crippen LogP contribution in [-0.2, 0) is 9.59 Å². The zero-order valence-electron chi connectivity index (χ0n) is 19.4. The first-order valence-corrected chi connectivity index (χ1v) is 10.8. The van der Waals surface area contributed by atoms with Gasteiger partial charge in [-0.3, -0.25) is 9.59 Å². The number of nitrogens with one attached hydrogen (secondary N) is 3. The Balaban J connectivity index is 2.06. The number of anilines is 2. The summed E-state index contributed by atoms with van der Waals surface area (Å²) in [4.78, 5) is 24.0. The van der Waals surface area contributed by atoms with E-state index >= 15 is 0 Å². The molecule has 0 bridgehead atoms. The fourth-order valence-corrected chi connectivity index (χ4v) is 3.49. The van der Waals surface area contributed by atoms with Gasteiger partial charge < -0.3 is 20.7 Å². The highest BCUT2D eigenvalue weighted by molar-refractivity contribution is 5.95. The first kappa shape index (κ1) is 24.4. The van der Waals surface area contributed by atoms with Crippen LogP contribution in [0.3, 0.4) is 0 Å². The van der Waals surface area contributed by atoms with Gasteiger partial charge in [-0.2, -0.15) is 0 Å². The summed E-state index contributed by atoms with van der Waals surface area (Å²) in [6.07, 6.45) is 1.11. The second kappa shape index (κ2) is 11.5. The van der Waals surface area contributed by atoms with Crippen molar-refractivity contribution in [3.8, 4) is 5.75 Å². The van der Waals surface area contributed by atoms with E-state index in [0.717, 1.165) is 6.42 Å². The third-order valence-corrected chi connectivity index (χ3v) is 5.42. The lowest BCUT2D eigenvalue weighted by molar-refractivity contribution is -0.116. The summed E-state index contributed by atoms with van der Waals surface area (Å²) in [5, 5.41) is 8.97. The van der Waals surface area contributed by atoms with E-state index in [0.29, 0.717) is 29.0 Å². The first-order chi connectivity index (χ1) is 14.7. The van der Waals surface area contributed by atoms with Gasteiger partial charge in [0, 0.05) is 18.7 Å². The molecule has 0 aliphatic carbocycles. The van der Waals surface area contributed by atoms with Crippen LogP contribution in [0.1, 0.15) is 64.1 Å². The van der Waals surface area contributed by atoms with Crippen molar-refractivity contribution in [3.63, 3.8) is 0 Å². The minimum absolute atomic E-state index is 0.0596. The van der Waals surface area contributed by atoms with Gasteiger partial charge in [0.15, 0.2) is 0 Å². The molecule has 0 fully saturated rings. The van der Waals surface area contributed by atoms with E-state index in [4.69, 9.17) is 4.74 Å². The molecule has 2 aromatic carbocycles. The molecule has 6 heteroatoms. The third kappa shape index (κ3) is 7.10. The molecule has 0 aromatic heterocycles. The van der Waals surface area contributed by atoms with E-state index in [2.05, 4.69) is 67.9 Å². The number of rotatable bonds is 10. The van der Waals surface area contributed by atoms with Crippen LogP contribution in [0.4, 0.5) is 11.4 Å². The van der Waals surface area contributed by atoms with Gasteiger partial charge in [0.25, 0.3) is 0 Å². The maximum atomic E-state index is 12.6. The minimum Gasteiger partial charge on any atom is -0.495 e. The van der Waals surface area contributed by atoms with Crippen molar-refractivity contribution < 1.29 is 14.3 Å². The van der Waals surface area contributed by atoms with Crippen molar-refractivity contribution in [2.75, 3.05) is 24.3 Å². The number of ether oxygens (including phenoxy) is 1. The summed E-state index contributed by atoms with van der Waals surface area (Å²) in [5.41, 5.74) is 3.61. The Labute approximate surface area is 185 Å². The lowest BCUT2D eigenvalue weighted by Crippen LogP contribution is -2.33. The normalized spacial score (nSPS) is 12.9. The summed E-state index contributed by atoms with van der Waals surface area (Å²) < 4.78 is 5.33. The molecule has 6 nitrogen and oxygen atoms in total. The Morgan fingerprint density at radius 3 is 2.16 bits per heavy atom. The lowest BCUT2D eigenvalue weighted by atomic mass is 9.92. The maximum Gasteiger partial charge on any atom is 0.238 e. The fraction of sp³-hybridized carbons (Fsp3) is 0.440. The van der Waals surface area contributed by atoms with Crippen molar-refractivity contribution in [3.05, 3.63) is 53.6 Å². The summed E-state index contributed by atoms with van der Waals surface area (Å²) in [6, 6.07) is 13.8. The second-order valence-corrected chi connectivity index (χ2v) is 8.22. The van der Waals surface area contributed by atoms with Crippen LogP contribution >= 0.6 is 0 Å². The maximum absolute atomic E-state index is 12.6. The van der Waals surface area contributed by atoms with Crippen LogP contribution in [0.25, 0.3) is 0 Å². The monoisotopic (exact) mass is 425 g/mol. The third-order valence-electron chi connectivity index (χ3n) is 5.42. The van der Waals surface area contributed by atoms with Gasteiger partial charge in [0.05, 0.1) is 19.3 Å². The Kier molecular flexibility index (Phi) is 9.06. The Morgan fingerprint density at radius 2 is 1.61 bits per heavy atom. The molecular formula is C25H35N3O3. The predicted molar refractivity (Wildman–Crippen MR) is 127 cm³/mol. The molecule has 0 unspecified atom stereocenters. The standard InChI is InChI=1S/C25H35N3O3/c1-7-17(4)19-8-10-20(11-9-19)25(16(2)3)26-15-24(30)28-22-14-21(27-18(5)29)12-13-23(22)31-6/h8-14,16-17,25-26H,7,15H2,1-6H3,(H,27,29)(H,28,30)/t17-,25-/m1/s1. The predicted octanol–water partition coefficient (Wildman–Crippen LogP) is 5.09. The zero-order valence-corrected chi connectivity index (χ0v) is 19.4. The van der Waals surface area contributed by atoms with Crippen LogP contribution in [0.15, 0.2) is 42.5 Å². The summed E-state index contributed by atoms with van der Waals surface area (Å²) in [6.45, 7) is 10.3. The van der Waals surface area contributed by atoms with Crippen molar-refractivity contribution in [2.24, 2.45) is 5.92 Å². The molecule has 0 aliphatic rings.